The minimum absolute atomic E-state index is 0. The van der Waals surface area contributed by atoms with Crippen LogP contribution in [-0.4, -0.2) is 49.0 Å². The van der Waals surface area contributed by atoms with Crippen LogP contribution in [-0.2, 0) is 20.2 Å². The summed E-state index contributed by atoms with van der Waals surface area (Å²) in [6, 6.07) is 19.6. The summed E-state index contributed by atoms with van der Waals surface area (Å²) in [6.07, 6.45) is 0. The van der Waals surface area contributed by atoms with Gasteiger partial charge in [0.1, 0.15) is 20.2 Å². The number of anilines is 2. The third kappa shape index (κ3) is 5.45. The molecule has 11 heteroatoms. The first-order valence-electron chi connectivity index (χ1n) is 8.46. The van der Waals surface area contributed by atoms with Crippen molar-refractivity contribution in [3.63, 3.8) is 0 Å². The molecule has 0 aromatic heterocycles. The van der Waals surface area contributed by atoms with Crippen LogP contribution < -0.4 is 11.5 Å². The van der Waals surface area contributed by atoms with Gasteiger partial charge in [-0.05, 0) is 22.9 Å². The normalized spacial score (nSPS) is 11.4. The molecule has 0 saturated carbocycles. The number of fused-ring (bicyclic) bond motifs is 2. The Hall–Kier alpha value is -2.41. The van der Waals surface area contributed by atoms with E-state index in [0.29, 0.717) is 21.5 Å². The van der Waals surface area contributed by atoms with E-state index in [1.54, 1.807) is 60.7 Å². The van der Waals surface area contributed by atoms with Crippen molar-refractivity contribution in [2.24, 2.45) is 0 Å². The monoisotopic (exact) mass is 468 g/mol. The van der Waals surface area contributed by atoms with Crippen molar-refractivity contribution in [2.75, 3.05) is 11.5 Å². The third-order valence-corrected chi connectivity index (χ3v) is 6.23. The number of hydrogen-bond donors (Lipinski definition) is 2. The second kappa shape index (κ2) is 9.38. The van der Waals surface area contributed by atoms with Crippen molar-refractivity contribution in [1.29, 1.82) is 0 Å². The first kappa shape index (κ1) is 24.9. The van der Waals surface area contributed by atoms with Crippen LogP contribution in [0.25, 0.3) is 21.5 Å². The van der Waals surface area contributed by atoms with Crippen LogP contribution in [0.5, 0.6) is 0 Å². The molecule has 0 unspecified atom stereocenters. The summed E-state index contributed by atoms with van der Waals surface area (Å²) in [5, 5.41) is 2.10. The minimum atomic E-state index is -4.54. The van der Waals surface area contributed by atoms with Gasteiger partial charge in [0.05, 0.1) is 9.79 Å². The van der Waals surface area contributed by atoms with Crippen molar-refractivity contribution in [1.82, 2.24) is 0 Å². The summed E-state index contributed by atoms with van der Waals surface area (Å²) in [5.74, 6) is 0. The van der Waals surface area contributed by atoms with Crippen LogP contribution in [0.3, 0.4) is 0 Å². The molecular formula is C20H16MgN2O6S2. The van der Waals surface area contributed by atoms with Crippen molar-refractivity contribution < 1.29 is 25.9 Å². The molecule has 31 heavy (non-hydrogen) atoms. The Morgan fingerprint density at radius 2 is 0.871 bits per heavy atom. The Bertz CT molecular complexity index is 1360. The van der Waals surface area contributed by atoms with Crippen molar-refractivity contribution in [2.45, 2.75) is 9.79 Å². The van der Waals surface area contributed by atoms with Gasteiger partial charge in [-0.25, -0.2) is 16.8 Å². The summed E-state index contributed by atoms with van der Waals surface area (Å²) in [6.45, 7) is 0. The van der Waals surface area contributed by atoms with E-state index in [9.17, 15) is 25.9 Å². The Morgan fingerprint density at radius 1 is 0.548 bits per heavy atom. The Kier molecular flexibility index (Phi) is 7.52. The second-order valence-corrected chi connectivity index (χ2v) is 8.95. The molecule has 0 heterocycles. The summed E-state index contributed by atoms with van der Waals surface area (Å²) in [4.78, 5) is -0.666. The maximum atomic E-state index is 11.0. The topological polar surface area (TPSA) is 166 Å². The van der Waals surface area contributed by atoms with Gasteiger partial charge in [-0.3, -0.25) is 0 Å². The molecule has 0 amide bonds. The minimum Gasteiger partial charge on any atom is -0.744 e. The molecule has 0 aliphatic carbocycles. The van der Waals surface area contributed by atoms with Gasteiger partial charge >= 0.3 is 23.1 Å². The molecule has 4 rings (SSSR count). The first-order chi connectivity index (χ1) is 14.0. The molecule has 0 atom stereocenters. The molecule has 0 aliphatic rings. The van der Waals surface area contributed by atoms with Crippen LogP contribution in [0, 0.1) is 0 Å². The number of rotatable bonds is 2. The molecule has 4 aromatic rings. The van der Waals surface area contributed by atoms with Crippen molar-refractivity contribution in [3.8, 4) is 0 Å². The van der Waals surface area contributed by atoms with Gasteiger partial charge in [-0.15, -0.1) is 0 Å². The van der Waals surface area contributed by atoms with E-state index < -0.39 is 20.2 Å². The van der Waals surface area contributed by atoms with Gasteiger partial charge in [-0.2, -0.15) is 0 Å². The fourth-order valence-electron chi connectivity index (χ4n) is 3.08. The maximum Gasteiger partial charge on any atom is 2.00 e. The SMILES string of the molecule is Nc1ccc2ccccc2c1S(=O)(=O)[O-].Nc1ccc2ccccc2c1S(=O)(=O)[O-].[Mg+2]. The molecule has 0 aliphatic heterocycles. The van der Waals surface area contributed by atoms with Gasteiger partial charge in [0.15, 0.2) is 0 Å². The van der Waals surface area contributed by atoms with Gasteiger partial charge in [0.2, 0.25) is 0 Å². The summed E-state index contributed by atoms with van der Waals surface area (Å²) in [5.41, 5.74) is 11.0. The van der Waals surface area contributed by atoms with Crippen LogP contribution in [0.1, 0.15) is 0 Å². The largest absolute Gasteiger partial charge is 2.00 e. The van der Waals surface area contributed by atoms with Gasteiger partial charge < -0.3 is 20.6 Å². The molecule has 0 saturated heterocycles. The van der Waals surface area contributed by atoms with Crippen LogP contribution in [0.15, 0.2) is 82.6 Å². The van der Waals surface area contributed by atoms with E-state index in [-0.39, 0.29) is 44.2 Å². The fraction of sp³-hybridized carbons (Fsp3) is 0. The summed E-state index contributed by atoms with van der Waals surface area (Å²) >= 11 is 0. The van der Waals surface area contributed by atoms with Gasteiger partial charge in [-0.1, -0.05) is 60.7 Å². The summed E-state index contributed by atoms with van der Waals surface area (Å²) < 4.78 is 66.2. The average molecular weight is 469 g/mol. The van der Waals surface area contributed by atoms with Crippen LogP contribution >= 0.6 is 0 Å². The predicted molar refractivity (Wildman–Crippen MR) is 118 cm³/mol. The zero-order chi connectivity index (χ0) is 22.1. The van der Waals surface area contributed by atoms with E-state index in [1.165, 1.54) is 12.1 Å². The van der Waals surface area contributed by atoms with E-state index in [2.05, 4.69) is 0 Å². The standard InChI is InChI=1S/2C10H9NO3S.Mg/c2*11-9-6-5-7-3-1-2-4-8(7)10(9)15(12,13)14;/h2*1-6H,11H2,(H,12,13,14);/q;;+2/p-2. The quantitative estimate of drug-likeness (QED) is 0.256. The fourth-order valence-corrected chi connectivity index (χ4v) is 4.70. The second-order valence-electron chi connectivity index (χ2n) is 6.32. The molecule has 0 spiro atoms. The third-order valence-electron chi connectivity index (χ3n) is 4.32. The van der Waals surface area contributed by atoms with E-state index in [4.69, 9.17) is 11.5 Å². The number of nitrogens with two attached hydrogens (primary N) is 2. The van der Waals surface area contributed by atoms with Gasteiger partial charge in [0, 0.05) is 22.1 Å². The van der Waals surface area contributed by atoms with Crippen LogP contribution in [0.2, 0.25) is 0 Å². The maximum absolute atomic E-state index is 11.0. The number of benzene rings is 4. The Morgan fingerprint density at radius 3 is 1.19 bits per heavy atom. The summed E-state index contributed by atoms with van der Waals surface area (Å²) in [7, 11) is -9.07. The number of nitrogen functional groups attached to an aromatic ring is 2. The Labute approximate surface area is 195 Å². The molecule has 0 fully saturated rings. The van der Waals surface area contributed by atoms with Crippen molar-refractivity contribution >= 4 is 76.2 Å². The average Bonchev–Trinajstić information content (AvgIpc) is 2.66. The number of hydrogen-bond acceptors (Lipinski definition) is 8. The molecule has 0 bridgehead atoms. The smallest absolute Gasteiger partial charge is 0.744 e. The molecule has 8 nitrogen and oxygen atoms in total. The van der Waals surface area contributed by atoms with Crippen molar-refractivity contribution in [3.05, 3.63) is 72.8 Å². The molecule has 0 radical (unpaired) electrons. The molecular weight excluding hydrogens is 453 g/mol. The predicted octanol–water partition coefficient (Wildman–Crippen LogP) is 2.27. The molecule has 156 valence electrons. The first-order valence-corrected chi connectivity index (χ1v) is 11.3. The zero-order valence-corrected chi connectivity index (χ0v) is 19.1. The molecule has 4 aromatic carbocycles. The zero-order valence-electron chi connectivity index (χ0n) is 16.1. The van der Waals surface area contributed by atoms with E-state index in [1.807, 2.05) is 0 Å². The van der Waals surface area contributed by atoms with Crippen LogP contribution in [0.4, 0.5) is 11.4 Å². The van der Waals surface area contributed by atoms with E-state index >= 15 is 0 Å². The molecule has 4 N–H and O–H groups in total. The Balaban J connectivity index is 0.000000213. The van der Waals surface area contributed by atoms with Gasteiger partial charge in [0.25, 0.3) is 0 Å². The van der Waals surface area contributed by atoms with E-state index in [0.717, 1.165) is 0 Å².